The molecule has 0 atom stereocenters. The Kier molecular flexibility index (Phi) is 3.90. The molecule has 2 N–H and O–H groups in total. The Morgan fingerprint density at radius 1 is 1.25 bits per heavy atom. The van der Waals surface area contributed by atoms with Gasteiger partial charge in [-0.2, -0.15) is 0 Å². The van der Waals surface area contributed by atoms with E-state index in [9.17, 15) is 13.6 Å². The van der Waals surface area contributed by atoms with E-state index in [1.54, 1.807) is 0 Å². The van der Waals surface area contributed by atoms with Gasteiger partial charge in [0.2, 0.25) is 5.78 Å². The van der Waals surface area contributed by atoms with E-state index in [0.29, 0.717) is 0 Å². The predicted molar refractivity (Wildman–Crippen MR) is 72.2 cm³/mol. The Morgan fingerprint density at radius 2 is 1.95 bits per heavy atom. The van der Waals surface area contributed by atoms with E-state index in [0.717, 1.165) is 12.1 Å². The second-order valence-corrected chi connectivity index (χ2v) is 4.44. The van der Waals surface area contributed by atoms with Crippen LogP contribution in [0.3, 0.4) is 0 Å². The van der Waals surface area contributed by atoms with Gasteiger partial charge in [0.1, 0.15) is 11.6 Å². The lowest BCUT2D eigenvalue weighted by Gasteiger charge is -2.10. The average Bonchev–Trinajstić information content (AvgIpc) is 2.43. The molecule has 0 amide bonds. The molecule has 0 spiro atoms. The molecule has 0 fully saturated rings. The summed E-state index contributed by atoms with van der Waals surface area (Å²) in [6.45, 7) is 0. The van der Waals surface area contributed by atoms with Crippen LogP contribution in [-0.2, 0) is 0 Å². The Bertz CT molecular complexity index is 689. The van der Waals surface area contributed by atoms with Gasteiger partial charge >= 0.3 is 0 Å². The van der Waals surface area contributed by atoms with E-state index >= 15 is 0 Å². The summed E-state index contributed by atoms with van der Waals surface area (Å²) in [6.07, 6.45) is 0. The largest absolute Gasteiger partial charge is 0.496 e. The highest BCUT2D eigenvalue weighted by molar-refractivity contribution is 6.31. The van der Waals surface area contributed by atoms with Gasteiger partial charge in [0.15, 0.2) is 5.82 Å². The number of nitrogen functional groups attached to an aromatic ring is 1. The van der Waals surface area contributed by atoms with Crippen molar-refractivity contribution in [2.45, 2.75) is 0 Å². The minimum Gasteiger partial charge on any atom is -0.496 e. The third-order valence-corrected chi connectivity index (χ3v) is 2.99. The van der Waals surface area contributed by atoms with Gasteiger partial charge in [-0.3, -0.25) is 4.79 Å². The number of carbonyl (C=O) groups excluding carboxylic acids is 1. The topological polar surface area (TPSA) is 52.3 Å². The maximum absolute atomic E-state index is 13.9. The smallest absolute Gasteiger partial charge is 0.202 e. The van der Waals surface area contributed by atoms with Crippen LogP contribution in [0.15, 0.2) is 30.3 Å². The van der Waals surface area contributed by atoms with Crippen LogP contribution in [-0.4, -0.2) is 12.9 Å². The minimum atomic E-state index is -1.10. The SMILES string of the molecule is COc1ccc(Cl)cc1C(=O)c1c(F)ccc(N)c1F. The molecule has 6 heteroatoms. The highest BCUT2D eigenvalue weighted by Crippen LogP contribution is 2.28. The third-order valence-electron chi connectivity index (χ3n) is 2.75. The summed E-state index contributed by atoms with van der Waals surface area (Å²) >= 11 is 5.80. The van der Waals surface area contributed by atoms with Crippen molar-refractivity contribution in [3.8, 4) is 5.75 Å². The molecule has 2 aromatic carbocycles. The molecule has 3 nitrogen and oxygen atoms in total. The molecule has 0 saturated carbocycles. The van der Waals surface area contributed by atoms with Crippen molar-refractivity contribution >= 4 is 23.1 Å². The molecule has 0 aromatic heterocycles. The highest BCUT2D eigenvalue weighted by atomic mass is 35.5. The first-order valence-corrected chi connectivity index (χ1v) is 5.95. The van der Waals surface area contributed by atoms with Crippen molar-refractivity contribution in [2.75, 3.05) is 12.8 Å². The molecule has 104 valence electrons. The quantitative estimate of drug-likeness (QED) is 0.697. The van der Waals surface area contributed by atoms with Crippen LogP contribution in [0.1, 0.15) is 15.9 Å². The fourth-order valence-electron chi connectivity index (χ4n) is 1.77. The number of hydrogen-bond acceptors (Lipinski definition) is 3. The van der Waals surface area contributed by atoms with E-state index in [1.165, 1.54) is 25.3 Å². The van der Waals surface area contributed by atoms with E-state index < -0.39 is 23.0 Å². The van der Waals surface area contributed by atoms with Crippen molar-refractivity contribution in [1.29, 1.82) is 0 Å². The second-order valence-electron chi connectivity index (χ2n) is 4.00. The van der Waals surface area contributed by atoms with Gasteiger partial charge in [-0.05, 0) is 30.3 Å². The lowest BCUT2D eigenvalue weighted by Crippen LogP contribution is -2.11. The summed E-state index contributed by atoms with van der Waals surface area (Å²) in [5.74, 6) is -2.81. The maximum Gasteiger partial charge on any atom is 0.202 e. The third kappa shape index (κ3) is 2.44. The molecular formula is C14H10ClF2NO2. The molecule has 2 aromatic rings. The average molecular weight is 298 g/mol. The molecule has 2 rings (SSSR count). The number of ketones is 1. The first kappa shape index (κ1) is 14.3. The van der Waals surface area contributed by atoms with Gasteiger partial charge in [-0.15, -0.1) is 0 Å². The van der Waals surface area contributed by atoms with Crippen molar-refractivity contribution < 1.29 is 18.3 Å². The zero-order valence-electron chi connectivity index (χ0n) is 10.4. The Hall–Kier alpha value is -2.14. The lowest BCUT2D eigenvalue weighted by atomic mass is 10.0. The van der Waals surface area contributed by atoms with Crippen molar-refractivity contribution in [3.05, 3.63) is 58.1 Å². The highest BCUT2D eigenvalue weighted by Gasteiger charge is 2.23. The Labute approximate surface area is 118 Å². The molecule has 0 heterocycles. The molecule has 0 radical (unpaired) electrons. The summed E-state index contributed by atoms with van der Waals surface area (Å²) < 4.78 is 32.6. The summed E-state index contributed by atoms with van der Waals surface area (Å²) in [4.78, 5) is 12.3. The van der Waals surface area contributed by atoms with Crippen LogP contribution >= 0.6 is 11.6 Å². The number of benzene rings is 2. The Balaban J connectivity index is 2.63. The van der Waals surface area contributed by atoms with Crippen molar-refractivity contribution in [1.82, 2.24) is 0 Å². The molecule has 0 saturated heterocycles. The summed E-state index contributed by atoms with van der Waals surface area (Å²) in [5, 5.41) is 0.249. The van der Waals surface area contributed by atoms with E-state index in [4.69, 9.17) is 22.1 Å². The number of ether oxygens (including phenoxy) is 1. The summed E-state index contributed by atoms with van der Waals surface area (Å²) in [5.41, 5.74) is 4.28. The number of rotatable bonds is 3. The Morgan fingerprint density at radius 3 is 2.60 bits per heavy atom. The zero-order chi connectivity index (χ0) is 14.9. The maximum atomic E-state index is 13.9. The molecule has 0 unspecified atom stereocenters. The molecule has 0 aliphatic rings. The van der Waals surface area contributed by atoms with E-state index in [-0.39, 0.29) is 22.0 Å². The first-order chi connectivity index (χ1) is 9.45. The zero-order valence-corrected chi connectivity index (χ0v) is 11.2. The van der Waals surface area contributed by atoms with Crippen molar-refractivity contribution in [3.63, 3.8) is 0 Å². The van der Waals surface area contributed by atoms with Crippen LogP contribution in [0, 0.1) is 11.6 Å². The molecule has 0 aliphatic carbocycles. The number of halogens is 3. The minimum absolute atomic E-state index is 0.0385. The van der Waals surface area contributed by atoms with Crippen LogP contribution in [0.25, 0.3) is 0 Å². The molecular weight excluding hydrogens is 288 g/mol. The van der Waals surface area contributed by atoms with Crippen LogP contribution in [0.4, 0.5) is 14.5 Å². The predicted octanol–water partition coefficient (Wildman–Crippen LogP) is 3.44. The monoisotopic (exact) mass is 297 g/mol. The fourth-order valence-corrected chi connectivity index (χ4v) is 1.94. The van der Waals surface area contributed by atoms with Gasteiger partial charge in [0, 0.05) is 5.02 Å². The van der Waals surface area contributed by atoms with Gasteiger partial charge in [-0.25, -0.2) is 8.78 Å². The summed E-state index contributed by atoms with van der Waals surface area (Å²) in [6, 6.07) is 6.21. The number of methoxy groups -OCH3 is 1. The number of hydrogen-bond donors (Lipinski definition) is 1. The summed E-state index contributed by atoms with van der Waals surface area (Å²) in [7, 11) is 1.34. The van der Waals surface area contributed by atoms with Gasteiger partial charge in [0.25, 0.3) is 0 Å². The lowest BCUT2D eigenvalue weighted by molar-refractivity contribution is 0.102. The normalized spacial score (nSPS) is 10.4. The van der Waals surface area contributed by atoms with E-state index in [2.05, 4.69) is 0 Å². The van der Waals surface area contributed by atoms with Crippen LogP contribution in [0.5, 0.6) is 5.75 Å². The fraction of sp³-hybridized carbons (Fsp3) is 0.0714. The first-order valence-electron chi connectivity index (χ1n) is 5.57. The van der Waals surface area contributed by atoms with Crippen LogP contribution in [0.2, 0.25) is 5.02 Å². The second kappa shape index (κ2) is 5.46. The number of carbonyl (C=O) groups is 1. The number of anilines is 1. The van der Waals surface area contributed by atoms with Gasteiger partial charge in [0.05, 0.1) is 23.9 Å². The molecule has 0 bridgehead atoms. The molecule has 0 aliphatic heterocycles. The van der Waals surface area contributed by atoms with Gasteiger partial charge in [-0.1, -0.05) is 11.6 Å². The van der Waals surface area contributed by atoms with Gasteiger partial charge < -0.3 is 10.5 Å². The number of nitrogens with two attached hydrogens (primary N) is 1. The van der Waals surface area contributed by atoms with E-state index in [1.807, 2.05) is 0 Å². The standard InChI is InChI=1S/C14H10ClF2NO2/c1-20-11-5-2-7(15)6-8(11)14(19)12-9(16)3-4-10(18)13(12)17/h2-6H,18H2,1H3. The van der Waals surface area contributed by atoms with Crippen LogP contribution < -0.4 is 10.5 Å². The van der Waals surface area contributed by atoms with Crippen molar-refractivity contribution in [2.24, 2.45) is 0 Å². The molecule has 20 heavy (non-hydrogen) atoms.